The number of ether oxygens (including phenoxy) is 1. The van der Waals surface area contributed by atoms with Gasteiger partial charge in [0.2, 0.25) is 0 Å². The Kier molecular flexibility index (Phi) is 4.14. The minimum atomic E-state index is -4.75. The quantitative estimate of drug-likeness (QED) is 0.905. The third-order valence-electron chi connectivity index (χ3n) is 2.44. The number of hydrogen-bond donors (Lipinski definition) is 2. The topological polar surface area (TPSA) is 85.4 Å². The van der Waals surface area contributed by atoms with E-state index in [4.69, 9.17) is 10.8 Å². The van der Waals surface area contributed by atoms with E-state index in [-0.39, 0.29) is 11.4 Å². The summed E-state index contributed by atoms with van der Waals surface area (Å²) in [7, 11) is 0. The van der Waals surface area contributed by atoms with Gasteiger partial charge in [-0.25, -0.2) is 4.98 Å². The average molecular weight is 318 g/mol. The first-order valence-electron chi connectivity index (χ1n) is 5.56. The van der Waals surface area contributed by atoms with E-state index < -0.39 is 18.4 Å². The molecule has 0 aliphatic heterocycles. The predicted octanol–water partition coefficient (Wildman–Crippen LogP) is 2.79. The Labute approximate surface area is 120 Å². The van der Waals surface area contributed by atoms with Crippen LogP contribution in [0.5, 0.6) is 5.75 Å². The second-order valence-corrected chi connectivity index (χ2v) is 4.82. The van der Waals surface area contributed by atoms with Crippen molar-refractivity contribution in [1.29, 1.82) is 0 Å². The highest BCUT2D eigenvalue weighted by atomic mass is 32.1. The predicted molar refractivity (Wildman–Crippen MR) is 68.8 cm³/mol. The van der Waals surface area contributed by atoms with Crippen molar-refractivity contribution in [2.75, 3.05) is 0 Å². The summed E-state index contributed by atoms with van der Waals surface area (Å²) in [4.78, 5) is 14.8. The molecule has 21 heavy (non-hydrogen) atoms. The van der Waals surface area contributed by atoms with E-state index in [9.17, 15) is 18.0 Å². The van der Waals surface area contributed by atoms with Crippen molar-refractivity contribution >= 4 is 17.3 Å². The molecule has 2 rings (SSSR count). The van der Waals surface area contributed by atoms with Crippen LogP contribution in [-0.2, 0) is 4.79 Å². The van der Waals surface area contributed by atoms with Crippen molar-refractivity contribution < 1.29 is 27.8 Å². The number of nitrogens with two attached hydrogens (primary N) is 1. The van der Waals surface area contributed by atoms with E-state index in [0.717, 1.165) is 23.5 Å². The molecule has 5 nitrogen and oxygen atoms in total. The number of carboxylic acid groups (broad SMARTS) is 1. The minimum Gasteiger partial charge on any atom is -0.480 e. The Bertz CT molecular complexity index is 640. The number of benzene rings is 1. The Morgan fingerprint density at radius 2 is 1.95 bits per heavy atom. The smallest absolute Gasteiger partial charge is 0.480 e. The van der Waals surface area contributed by atoms with Gasteiger partial charge in [-0.1, -0.05) is 0 Å². The van der Waals surface area contributed by atoms with Crippen molar-refractivity contribution in [3.05, 3.63) is 35.3 Å². The van der Waals surface area contributed by atoms with E-state index in [0.29, 0.717) is 10.6 Å². The summed E-state index contributed by atoms with van der Waals surface area (Å²) < 4.78 is 39.8. The lowest BCUT2D eigenvalue weighted by atomic mass is 10.2. The van der Waals surface area contributed by atoms with E-state index in [1.54, 1.807) is 0 Å². The first-order valence-corrected chi connectivity index (χ1v) is 6.44. The molecule has 1 unspecified atom stereocenters. The van der Waals surface area contributed by atoms with Gasteiger partial charge in [-0.15, -0.1) is 24.5 Å². The molecular formula is C12H9F3N2O3S. The van der Waals surface area contributed by atoms with Crippen LogP contribution in [0.25, 0.3) is 10.6 Å². The van der Waals surface area contributed by atoms with Gasteiger partial charge in [-0.2, -0.15) is 0 Å². The molecule has 3 N–H and O–H groups in total. The Morgan fingerprint density at radius 3 is 2.48 bits per heavy atom. The molecule has 0 aliphatic carbocycles. The van der Waals surface area contributed by atoms with Crippen LogP contribution >= 0.6 is 11.3 Å². The lowest BCUT2D eigenvalue weighted by Crippen LogP contribution is -2.20. The van der Waals surface area contributed by atoms with Gasteiger partial charge in [-0.3, -0.25) is 4.79 Å². The number of halogens is 3. The van der Waals surface area contributed by atoms with Crippen molar-refractivity contribution in [2.24, 2.45) is 5.73 Å². The molecule has 0 amide bonds. The molecule has 1 aromatic heterocycles. The number of nitrogens with zero attached hydrogens (tertiary/aromatic N) is 1. The fourth-order valence-corrected chi connectivity index (χ4v) is 2.35. The summed E-state index contributed by atoms with van der Waals surface area (Å²) in [6, 6.07) is 3.87. The van der Waals surface area contributed by atoms with Crippen molar-refractivity contribution in [1.82, 2.24) is 4.98 Å². The van der Waals surface area contributed by atoms with E-state index >= 15 is 0 Å². The second-order valence-electron chi connectivity index (χ2n) is 3.97. The zero-order chi connectivity index (χ0) is 15.6. The van der Waals surface area contributed by atoms with Crippen molar-refractivity contribution in [2.45, 2.75) is 12.4 Å². The molecule has 1 atom stereocenters. The largest absolute Gasteiger partial charge is 0.573 e. The molecule has 0 fully saturated rings. The molecule has 112 valence electrons. The van der Waals surface area contributed by atoms with Crippen LogP contribution in [0.4, 0.5) is 13.2 Å². The molecule has 0 aliphatic rings. The zero-order valence-electron chi connectivity index (χ0n) is 10.3. The van der Waals surface area contributed by atoms with Crippen LogP contribution in [0.2, 0.25) is 0 Å². The molecule has 0 spiro atoms. The summed E-state index contributed by atoms with van der Waals surface area (Å²) in [5.41, 5.74) is 6.16. The van der Waals surface area contributed by atoms with Gasteiger partial charge in [-0.05, 0) is 24.3 Å². The first kappa shape index (κ1) is 15.3. The fraction of sp³-hybridized carbons (Fsp3) is 0.167. The monoisotopic (exact) mass is 318 g/mol. The van der Waals surface area contributed by atoms with Crippen LogP contribution in [0, 0.1) is 0 Å². The van der Waals surface area contributed by atoms with Crippen molar-refractivity contribution in [3.8, 4) is 16.3 Å². The maximum Gasteiger partial charge on any atom is 0.573 e. The highest BCUT2D eigenvalue weighted by molar-refractivity contribution is 7.13. The number of aliphatic carboxylic acids is 1. The zero-order valence-corrected chi connectivity index (χ0v) is 11.1. The molecular weight excluding hydrogens is 309 g/mol. The number of hydrogen-bond acceptors (Lipinski definition) is 5. The fourth-order valence-electron chi connectivity index (χ4n) is 1.49. The third kappa shape index (κ3) is 3.92. The lowest BCUT2D eigenvalue weighted by molar-refractivity contribution is -0.274. The normalized spacial score (nSPS) is 13.0. The van der Waals surface area contributed by atoms with Crippen LogP contribution in [0.1, 0.15) is 11.7 Å². The van der Waals surface area contributed by atoms with Crippen LogP contribution < -0.4 is 10.5 Å². The van der Waals surface area contributed by atoms with E-state index in [2.05, 4.69) is 9.72 Å². The minimum absolute atomic E-state index is 0.193. The molecule has 9 heteroatoms. The third-order valence-corrected chi connectivity index (χ3v) is 3.35. The highest BCUT2D eigenvalue weighted by Crippen LogP contribution is 2.29. The number of aromatic nitrogens is 1. The van der Waals surface area contributed by atoms with Gasteiger partial charge in [0, 0.05) is 10.9 Å². The van der Waals surface area contributed by atoms with Crippen molar-refractivity contribution in [3.63, 3.8) is 0 Å². The van der Waals surface area contributed by atoms with Gasteiger partial charge in [0.15, 0.2) is 0 Å². The maximum atomic E-state index is 12.0. The van der Waals surface area contributed by atoms with E-state index in [1.165, 1.54) is 17.5 Å². The van der Waals surface area contributed by atoms with E-state index in [1.807, 2.05) is 0 Å². The summed E-state index contributed by atoms with van der Waals surface area (Å²) in [6.07, 6.45) is -4.75. The molecule has 0 bridgehead atoms. The van der Waals surface area contributed by atoms with Crippen LogP contribution in [-0.4, -0.2) is 22.4 Å². The highest BCUT2D eigenvalue weighted by Gasteiger charge is 2.31. The summed E-state index contributed by atoms with van der Waals surface area (Å²) in [5.74, 6) is -1.55. The molecule has 1 heterocycles. The second kappa shape index (κ2) is 5.70. The SMILES string of the molecule is NC(C(=O)O)c1csc(-c2ccc(OC(F)(F)F)cc2)n1. The molecule has 0 saturated heterocycles. The Morgan fingerprint density at radius 1 is 1.33 bits per heavy atom. The van der Waals surface area contributed by atoms with Gasteiger partial charge in [0.05, 0.1) is 5.69 Å². The Hall–Kier alpha value is -2.13. The maximum absolute atomic E-state index is 12.0. The van der Waals surface area contributed by atoms with Gasteiger partial charge < -0.3 is 15.6 Å². The number of carbonyl (C=O) groups is 1. The van der Waals surface area contributed by atoms with Crippen LogP contribution in [0.3, 0.4) is 0 Å². The van der Waals surface area contributed by atoms with Gasteiger partial charge >= 0.3 is 12.3 Å². The first-order chi connectivity index (χ1) is 9.76. The van der Waals surface area contributed by atoms with Gasteiger partial charge in [0.25, 0.3) is 0 Å². The summed E-state index contributed by atoms with van der Waals surface area (Å²) in [6.45, 7) is 0. The lowest BCUT2D eigenvalue weighted by Gasteiger charge is -2.08. The number of alkyl halides is 3. The standard InChI is InChI=1S/C12H9F3N2O3S/c13-12(14,15)20-7-3-1-6(2-4-7)10-17-8(5-21-10)9(16)11(18)19/h1-5,9H,16H2,(H,18,19). The average Bonchev–Trinajstić information content (AvgIpc) is 2.86. The number of thiazole rings is 1. The Balaban J connectivity index is 2.18. The molecule has 2 aromatic rings. The number of carboxylic acids is 1. The summed E-state index contributed by atoms with van der Waals surface area (Å²) >= 11 is 1.15. The van der Waals surface area contributed by atoms with Crippen LogP contribution in [0.15, 0.2) is 29.6 Å². The molecule has 0 saturated carbocycles. The number of rotatable bonds is 4. The molecule has 0 radical (unpaired) electrons. The van der Waals surface area contributed by atoms with Gasteiger partial charge in [0.1, 0.15) is 16.8 Å². The summed E-state index contributed by atoms with van der Waals surface area (Å²) in [5, 5.41) is 10.7. The molecule has 1 aromatic carbocycles.